The van der Waals surface area contributed by atoms with Gasteiger partial charge < -0.3 is 15.5 Å². The van der Waals surface area contributed by atoms with Gasteiger partial charge in [0.15, 0.2) is 0 Å². The molecule has 1 aromatic rings. The van der Waals surface area contributed by atoms with Gasteiger partial charge in [-0.15, -0.1) is 0 Å². The number of nitrogens with one attached hydrogen (secondary N) is 1. The van der Waals surface area contributed by atoms with Crippen LogP contribution in [0.25, 0.3) is 0 Å². The number of hydrogen-bond acceptors (Lipinski definition) is 3. The molecule has 3 N–H and O–H groups in total. The van der Waals surface area contributed by atoms with Gasteiger partial charge in [-0.2, -0.15) is 0 Å². The summed E-state index contributed by atoms with van der Waals surface area (Å²) >= 11 is 0. The Morgan fingerprint density at radius 2 is 2.13 bits per heavy atom. The molecule has 0 aliphatic carbocycles. The summed E-state index contributed by atoms with van der Waals surface area (Å²) in [6.45, 7) is 1.56. The smallest absolute Gasteiger partial charge is 0.404 e. The van der Waals surface area contributed by atoms with Crippen LogP contribution in [0.5, 0.6) is 0 Å². The standard InChI is InChI=1S/C10H14N2O3/c1-7(13)9(12-10(14)15)6-8-2-4-11-5-3-8/h2-5,7,9,12-13H,6H2,1H3,(H,14,15)/t7-,9+/m0/s1. The number of nitrogens with zero attached hydrogens (tertiary/aromatic N) is 1. The Morgan fingerprint density at radius 1 is 1.53 bits per heavy atom. The summed E-state index contributed by atoms with van der Waals surface area (Å²) in [6, 6.07) is 3.09. The summed E-state index contributed by atoms with van der Waals surface area (Å²) in [5.41, 5.74) is 0.935. The minimum atomic E-state index is -1.13. The van der Waals surface area contributed by atoms with Gasteiger partial charge in [0.25, 0.3) is 0 Å². The lowest BCUT2D eigenvalue weighted by Gasteiger charge is -2.19. The molecule has 1 amide bonds. The molecule has 0 aliphatic heterocycles. The van der Waals surface area contributed by atoms with E-state index in [9.17, 15) is 9.90 Å². The Kier molecular flexibility index (Phi) is 4.05. The summed E-state index contributed by atoms with van der Waals surface area (Å²) in [6.07, 6.45) is 1.86. The van der Waals surface area contributed by atoms with E-state index in [1.807, 2.05) is 0 Å². The van der Waals surface area contributed by atoms with Gasteiger partial charge in [0.05, 0.1) is 12.1 Å². The van der Waals surface area contributed by atoms with Gasteiger partial charge in [0.2, 0.25) is 0 Å². The molecule has 0 bridgehead atoms. The van der Waals surface area contributed by atoms with Crippen molar-refractivity contribution in [3.8, 4) is 0 Å². The zero-order valence-electron chi connectivity index (χ0n) is 8.42. The van der Waals surface area contributed by atoms with Crippen LogP contribution >= 0.6 is 0 Å². The lowest BCUT2D eigenvalue weighted by atomic mass is 10.0. The number of aromatic nitrogens is 1. The van der Waals surface area contributed by atoms with E-state index in [1.54, 1.807) is 31.5 Å². The number of amides is 1. The average Bonchev–Trinajstić information content (AvgIpc) is 2.17. The van der Waals surface area contributed by atoms with Gasteiger partial charge >= 0.3 is 6.09 Å². The monoisotopic (exact) mass is 210 g/mol. The first kappa shape index (κ1) is 11.5. The van der Waals surface area contributed by atoms with E-state index in [1.165, 1.54) is 0 Å². The molecule has 5 nitrogen and oxygen atoms in total. The van der Waals surface area contributed by atoms with Crippen molar-refractivity contribution >= 4 is 6.09 Å². The molecule has 0 spiro atoms. The summed E-state index contributed by atoms with van der Waals surface area (Å²) in [4.78, 5) is 14.3. The highest BCUT2D eigenvalue weighted by molar-refractivity contribution is 5.65. The van der Waals surface area contributed by atoms with E-state index in [4.69, 9.17) is 5.11 Å². The third-order valence-electron chi connectivity index (χ3n) is 2.10. The largest absolute Gasteiger partial charge is 0.465 e. The molecule has 1 heterocycles. The number of aliphatic hydroxyl groups is 1. The molecule has 0 aromatic carbocycles. The molecule has 5 heteroatoms. The third kappa shape index (κ3) is 3.95. The van der Waals surface area contributed by atoms with Crippen molar-refractivity contribution in [3.63, 3.8) is 0 Å². The minimum Gasteiger partial charge on any atom is -0.465 e. The second kappa shape index (κ2) is 5.31. The first-order valence-corrected chi connectivity index (χ1v) is 4.66. The van der Waals surface area contributed by atoms with Crippen LogP contribution in [0.4, 0.5) is 4.79 Å². The maximum Gasteiger partial charge on any atom is 0.404 e. The summed E-state index contributed by atoms with van der Waals surface area (Å²) in [5.74, 6) is 0. The number of carboxylic acid groups (broad SMARTS) is 1. The molecule has 1 aromatic heterocycles. The minimum absolute atomic E-state index is 0.451. The quantitative estimate of drug-likeness (QED) is 0.681. The normalized spacial score (nSPS) is 14.3. The van der Waals surface area contributed by atoms with Crippen molar-refractivity contribution in [1.82, 2.24) is 10.3 Å². The van der Waals surface area contributed by atoms with E-state index in [0.717, 1.165) is 5.56 Å². The third-order valence-corrected chi connectivity index (χ3v) is 2.10. The molecular formula is C10H14N2O3. The van der Waals surface area contributed by atoms with E-state index in [-0.39, 0.29) is 0 Å². The van der Waals surface area contributed by atoms with Crippen LogP contribution in [-0.4, -0.2) is 33.4 Å². The van der Waals surface area contributed by atoms with Crippen LogP contribution in [0, 0.1) is 0 Å². The van der Waals surface area contributed by atoms with E-state index in [2.05, 4.69) is 10.3 Å². The van der Waals surface area contributed by atoms with Gasteiger partial charge in [0.1, 0.15) is 0 Å². The van der Waals surface area contributed by atoms with Gasteiger partial charge in [0, 0.05) is 12.4 Å². The highest BCUT2D eigenvalue weighted by Gasteiger charge is 2.17. The Hall–Kier alpha value is -1.62. The Morgan fingerprint density at radius 3 is 2.60 bits per heavy atom. The van der Waals surface area contributed by atoms with Crippen molar-refractivity contribution in [2.45, 2.75) is 25.5 Å². The fourth-order valence-corrected chi connectivity index (χ4v) is 1.27. The van der Waals surface area contributed by atoms with Crippen LogP contribution in [-0.2, 0) is 6.42 Å². The van der Waals surface area contributed by atoms with E-state index >= 15 is 0 Å². The second-order valence-electron chi connectivity index (χ2n) is 3.36. The summed E-state index contributed by atoms with van der Waals surface area (Å²) in [7, 11) is 0. The van der Waals surface area contributed by atoms with Crippen LogP contribution in [0.2, 0.25) is 0 Å². The summed E-state index contributed by atoms with van der Waals surface area (Å²) in [5, 5.41) is 20.2. The molecule has 0 radical (unpaired) electrons. The lowest BCUT2D eigenvalue weighted by Crippen LogP contribution is -2.42. The van der Waals surface area contributed by atoms with Gasteiger partial charge in [-0.25, -0.2) is 4.79 Å². The van der Waals surface area contributed by atoms with Crippen molar-refractivity contribution in [1.29, 1.82) is 0 Å². The van der Waals surface area contributed by atoms with Crippen LogP contribution in [0.15, 0.2) is 24.5 Å². The first-order chi connectivity index (χ1) is 7.09. The van der Waals surface area contributed by atoms with Crippen molar-refractivity contribution in [3.05, 3.63) is 30.1 Å². The fourth-order valence-electron chi connectivity index (χ4n) is 1.27. The topological polar surface area (TPSA) is 82.5 Å². The summed E-state index contributed by atoms with van der Waals surface area (Å²) < 4.78 is 0. The van der Waals surface area contributed by atoms with Crippen LogP contribution < -0.4 is 5.32 Å². The van der Waals surface area contributed by atoms with E-state index < -0.39 is 18.2 Å². The Balaban J connectivity index is 2.63. The molecule has 1 rings (SSSR count). The molecule has 15 heavy (non-hydrogen) atoms. The first-order valence-electron chi connectivity index (χ1n) is 4.66. The van der Waals surface area contributed by atoms with Crippen LogP contribution in [0.3, 0.4) is 0 Å². The average molecular weight is 210 g/mol. The van der Waals surface area contributed by atoms with Crippen molar-refractivity contribution < 1.29 is 15.0 Å². The predicted molar refractivity (Wildman–Crippen MR) is 54.6 cm³/mol. The number of carbonyl (C=O) groups is 1. The zero-order chi connectivity index (χ0) is 11.3. The van der Waals surface area contributed by atoms with Gasteiger partial charge in [-0.3, -0.25) is 4.98 Å². The van der Waals surface area contributed by atoms with Crippen molar-refractivity contribution in [2.24, 2.45) is 0 Å². The van der Waals surface area contributed by atoms with Gasteiger partial charge in [-0.05, 0) is 31.0 Å². The SMILES string of the molecule is C[C@H](O)[C@@H](Cc1ccncc1)NC(=O)O. The van der Waals surface area contributed by atoms with E-state index in [0.29, 0.717) is 6.42 Å². The Bertz CT molecular complexity index is 314. The predicted octanol–water partition coefficient (Wildman–Crippen LogP) is 0.641. The molecule has 0 saturated heterocycles. The Labute approximate surface area is 87.8 Å². The number of hydrogen-bond donors (Lipinski definition) is 3. The maximum atomic E-state index is 10.5. The molecule has 82 valence electrons. The van der Waals surface area contributed by atoms with Crippen LogP contribution in [0.1, 0.15) is 12.5 Å². The number of pyridine rings is 1. The molecule has 0 fully saturated rings. The lowest BCUT2D eigenvalue weighted by molar-refractivity contribution is 0.133. The molecular weight excluding hydrogens is 196 g/mol. The highest BCUT2D eigenvalue weighted by atomic mass is 16.4. The number of rotatable bonds is 4. The molecule has 0 unspecified atom stereocenters. The molecule has 0 saturated carbocycles. The zero-order valence-corrected chi connectivity index (χ0v) is 8.42. The highest BCUT2D eigenvalue weighted by Crippen LogP contribution is 2.05. The number of aliphatic hydroxyl groups excluding tert-OH is 1. The maximum absolute atomic E-state index is 10.5. The molecule has 2 atom stereocenters. The van der Waals surface area contributed by atoms with Crippen molar-refractivity contribution in [2.75, 3.05) is 0 Å². The second-order valence-corrected chi connectivity index (χ2v) is 3.36. The molecule has 0 aliphatic rings. The fraction of sp³-hybridized carbons (Fsp3) is 0.400. The van der Waals surface area contributed by atoms with Gasteiger partial charge in [-0.1, -0.05) is 0 Å².